The molecule has 3 atom stereocenters. The standard InChI is InChI=1S/C19H25N5O5S2/c1-19(2)13(17(27)28)24-15(26)12(16(24)31-19)22-14(25)11(10-8-30-18(20)21-10)23-29-9-6-4-3-5-7-9/h8-9,12-13,16H,3-7H2,1-2H3,(H2,20,21)(H,22,25)(H,27,28)/t12-,13-,16+/m0/s1. The molecule has 4 rings (SSSR count). The van der Waals surface area contributed by atoms with Crippen molar-refractivity contribution in [1.82, 2.24) is 15.2 Å². The zero-order valence-corrected chi connectivity index (χ0v) is 18.9. The van der Waals surface area contributed by atoms with Gasteiger partial charge in [0.05, 0.1) is 0 Å². The van der Waals surface area contributed by atoms with Crippen LogP contribution >= 0.6 is 23.1 Å². The maximum absolute atomic E-state index is 13.0. The summed E-state index contributed by atoms with van der Waals surface area (Å²) >= 11 is 2.54. The Kier molecular flexibility index (Phi) is 5.86. The van der Waals surface area contributed by atoms with Gasteiger partial charge in [0.15, 0.2) is 10.8 Å². The van der Waals surface area contributed by atoms with Gasteiger partial charge >= 0.3 is 5.97 Å². The highest BCUT2D eigenvalue weighted by molar-refractivity contribution is 8.01. The minimum absolute atomic E-state index is 0.0400. The number of hydrogen-bond donors (Lipinski definition) is 3. The SMILES string of the molecule is CC1(C)S[C@@H]2[C@@H](NC(=O)C(=NOC3CCCCC3)c3csc(N)n3)C(=O)N2[C@H]1C(=O)O. The third-order valence-electron chi connectivity index (χ3n) is 5.79. The highest BCUT2D eigenvalue weighted by atomic mass is 32.2. The predicted octanol–water partition coefficient (Wildman–Crippen LogP) is 1.41. The molecule has 2 aliphatic heterocycles. The third-order valence-corrected chi connectivity index (χ3v) is 8.03. The number of nitrogens with one attached hydrogen (secondary N) is 1. The van der Waals surface area contributed by atoms with Crippen LogP contribution in [0.1, 0.15) is 51.6 Å². The quantitative estimate of drug-likeness (QED) is 0.323. The number of carbonyl (C=O) groups is 3. The number of nitrogens with two attached hydrogens (primary N) is 1. The summed E-state index contributed by atoms with van der Waals surface area (Å²) in [5, 5.41) is 17.8. The molecule has 0 unspecified atom stereocenters. The predicted molar refractivity (Wildman–Crippen MR) is 117 cm³/mol. The van der Waals surface area contributed by atoms with Gasteiger partial charge in [0, 0.05) is 10.1 Å². The number of oxime groups is 1. The highest BCUT2D eigenvalue weighted by Gasteiger charge is 2.64. The fourth-order valence-corrected chi connectivity index (χ4v) is 6.43. The van der Waals surface area contributed by atoms with Crippen LogP contribution in [-0.2, 0) is 19.2 Å². The van der Waals surface area contributed by atoms with E-state index >= 15 is 0 Å². The number of nitrogen functional groups attached to an aromatic ring is 1. The summed E-state index contributed by atoms with van der Waals surface area (Å²) in [5.41, 5.74) is 5.96. The second-order valence-electron chi connectivity index (χ2n) is 8.43. The molecular formula is C19H25N5O5S2. The van der Waals surface area contributed by atoms with Gasteiger partial charge in [-0.05, 0) is 39.5 Å². The summed E-state index contributed by atoms with van der Waals surface area (Å²) < 4.78 is -0.671. The molecule has 12 heteroatoms. The monoisotopic (exact) mass is 467 g/mol. The summed E-state index contributed by atoms with van der Waals surface area (Å²) in [6, 6.07) is -1.78. The molecule has 3 fully saturated rings. The lowest BCUT2D eigenvalue weighted by molar-refractivity contribution is -0.160. The van der Waals surface area contributed by atoms with Crippen LogP contribution in [0.3, 0.4) is 0 Å². The first-order valence-corrected chi connectivity index (χ1v) is 11.9. The van der Waals surface area contributed by atoms with E-state index in [9.17, 15) is 19.5 Å². The van der Waals surface area contributed by atoms with E-state index in [0.29, 0.717) is 0 Å². The first-order chi connectivity index (χ1) is 14.7. The van der Waals surface area contributed by atoms with Crippen LogP contribution in [-0.4, -0.2) is 66.8 Å². The minimum atomic E-state index is -1.06. The van der Waals surface area contributed by atoms with Gasteiger partial charge in [-0.2, -0.15) is 0 Å². The Balaban J connectivity index is 1.50. The van der Waals surface area contributed by atoms with Crippen LogP contribution in [0.4, 0.5) is 5.13 Å². The number of carboxylic acid groups (broad SMARTS) is 1. The molecule has 1 saturated carbocycles. The van der Waals surface area contributed by atoms with Crippen LogP contribution in [0.2, 0.25) is 0 Å². The molecule has 3 aliphatic rings. The van der Waals surface area contributed by atoms with Crippen molar-refractivity contribution in [2.24, 2.45) is 5.16 Å². The Morgan fingerprint density at radius 1 is 1.35 bits per heavy atom. The van der Waals surface area contributed by atoms with Gasteiger partial charge in [-0.1, -0.05) is 11.6 Å². The van der Waals surface area contributed by atoms with E-state index in [1.165, 1.54) is 28.0 Å². The summed E-state index contributed by atoms with van der Waals surface area (Å²) in [4.78, 5) is 48.5. The molecular weight excluding hydrogens is 442 g/mol. The molecule has 3 heterocycles. The second-order valence-corrected chi connectivity index (χ2v) is 11.1. The largest absolute Gasteiger partial charge is 0.480 e. The van der Waals surface area contributed by atoms with E-state index in [1.807, 2.05) is 0 Å². The van der Waals surface area contributed by atoms with E-state index in [0.717, 1.165) is 32.1 Å². The zero-order chi connectivity index (χ0) is 22.3. The van der Waals surface area contributed by atoms with Gasteiger partial charge < -0.3 is 25.9 Å². The van der Waals surface area contributed by atoms with Gasteiger partial charge in [-0.25, -0.2) is 9.78 Å². The number of amides is 2. The Hall–Kier alpha value is -2.34. The normalized spacial score (nSPS) is 28.1. The van der Waals surface area contributed by atoms with Crippen LogP contribution in [0.5, 0.6) is 0 Å². The van der Waals surface area contributed by atoms with Crippen molar-refractivity contribution < 1.29 is 24.3 Å². The zero-order valence-electron chi connectivity index (χ0n) is 17.2. The van der Waals surface area contributed by atoms with Crippen LogP contribution in [0.25, 0.3) is 0 Å². The molecule has 1 aliphatic carbocycles. The number of aliphatic carboxylic acids is 1. The molecule has 4 N–H and O–H groups in total. The molecule has 10 nitrogen and oxygen atoms in total. The Morgan fingerprint density at radius 3 is 2.68 bits per heavy atom. The summed E-state index contributed by atoms with van der Waals surface area (Å²) in [6.45, 7) is 3.56. The lowest BCUT2D eigenvalue weighted by Gasteiger charge is -2.43. The molecule has 1 aromatic heterocycles. The van der Waals surface area contributed by atoms with Crippen molar-refractivity contribution in [3.05, 3.63) is 11.1 Å². The number of fused-ring (bicyclic) bond motifs is 1. The van der Waals surface area contributed by atoms with Crippen molar-refractivity contribution in [3.63, 3.8) is 0 Å². The third kappa shape index (κ3) is 4.10. The number of aromatic nitrogens is 1. The summed E-state index contributed by atoms with van der Waals surface area (Å²) in [5.74, 6) is -2.08. The van der Waals surface area contributed by atoms with Crippen molar-refractivity contribution in [1.29, 1.82) is 0 Å². The smallest absolute Gasteiger partial charge is 0.327 e. The average Bonchev–Trinajstić information content (AvgIpc) is 3.25. The molecule has 1 aromatic rings. The van der Waals surface area contributed by atoms with E-state index in [4.69, 9.17) is 10.6 Å². The summed E-state index contributed by atoms with van der Waals surface area (Å²) in [6.07, 6.45) is 4.95. The number of carboxylic acids is 1. The molecule has 168 valence electrons. The number of carbonyl (C=O) groups excluding carboxylic acids is 2. The Morgan fingerprint density at radius 2 is 2.06 bits per heavy atom. The fraction of sp³-hybridized carbons (Fsp3) is 0.632. The minimum Gasteiger partial charge on any atom is -0.480 e. The number of nitrogens with zero attached hydrogens (tertiary/aromatic N) is 3. The van der Waals surface area contributed by atoms with Crippen molar-refractivity contribution in [2.45, 2.75) is 74.3 Å². The number of hydrogen-bond acceptors (Lipinski definition) is 9. The number of thiazole rings is 1. The lowest BCUT2D eigenvalue weighted by atomic mass is 9.96. The molecule has 0 spiro atoms. The maximum atomic E-state index is 13.0. The van der Waals surface area contributed by atoms with E-state index < -0.39 is 40.0 Å². The molecule has 0 aromatic carbocycles. The van der Waals surface area contributed by atoms with Crippen molar-refractivity contribution >= 4 is 51.7 Å². The van der Waals surface area contributed by atoms with E-state index in [-0.39, 0.29) is 22.6 Å². The first-order valence-electron chi connectivity index (χ1n) is 10.2. The molecule has 0 bridgehead atoms. The number of anilines is 1. The Labute approximate surface area is 187 Å². The highest BCUT2D eigenvalue weighted by Crippen LogP contribution is 2.50. The molecule has 0 radical (unpaired) electrons. The number of rotatable bonds is 6. The van der Waals surface area contributed by atoms with Crippen molar-refractivity contribution in [3.8, 4) is 0 Å². The topological polar surface area (TPSA) is 147 Å². The van der Waals surface area contributed by atoms with Gasteiger partial charge in [0.2, 0.25) is 5.91 Å². The number of β-lactam (4-membered cyclic amide) rings is 1. The van der Waals surface area contributed by atoms with Crippen LogP contribution in [0, 0.1) is 0 Å². The fourth-order valence-electron chi connectivity index (χ4n) is 4.25. The lowest BCUT2D eigenvalue weighted by Crippen LogP contribution is -2.71. The van der Waals surface area contributed by atoms with E-state index in [2.05, 4.69) is 15.5 Å². The van der Waals surface area contributed by atoms with Crippen molar-refractivity contribution in [2.75, 3.05) is 5.73 Å². The molecule has 2 saturated heterocycles. The number of thioether (sulfide) groups is 1. The Bertz CT molecular complexity index is 927. The average molecular weight is 468 g/mol. The van der Waals surface area contributed by atoms with Crippen LogP contribution < -0.4 is 11.1 Å². The maximum Gasteiger partial charge on any atom is 0.327 e. The molecule has 2 amide bonds. The van der Waals surface area contributed by atoms with Gasteiger partial charge in [-0.3, -0.25) is 9.59 Å². The first kappa shape index (κ1) is 21.9. The van der Waals surface area contributed by atoms with Gasteiger partial charge in [0.1, 0.15) is 29.3 Å². The summed E-state index contributed by atoms with van der Waals surface area (Å²) in [7, 11) is 0. The van der Waals surface area contributed by atoms with Gasteiger partial charge in [0.25, 0.3) is 5.91 Å². The van der Waals surface area contributed by atoms with Crippen LogP contribution in [0.15, 0.2) is 10.5 Å². The molecule has 31 heavy (non-hydrogen) atoms. The van der Waals surface area contributed by atoms with E-state index in [1.54, 1.807) is 19.2 Å². The van der Waals surface area contributed by atoms with Gasteiger partial charge in [-0.15, -0.1) is 23.1 Å². The second kappa shape index (κ2) is 8.30.